The van der Waals surface area contributed by atoms with Gasteiger partial charge in [0.2, 0.25) is 5.91 Å². The zero-order valence-electron chi connectivity index (χ0n) is 6.64. The van der Waals surface area contributed by atoms with Crippen LogP contribution in [0.3, 0.4) is 0 Å². The number of ether oxygens (including phenoxy) is 1. The molecule has 60 valence electrons. The standard InChI is InChI=1S/C7H15NO2/c1-3-8-7(9)5-4-6-10-2/h3-6H2,1-2H3,(H,8,9). The van der Waals surface area contributed by atoms with Crippen molar-refractivity contribution in [2.24, 2.45) is 0 Å². The fourth-order valence-electron chi connectivity index (χ4n) is 0.663. The average molecular weight is 145 g/mol. The first-order valence-corrected chi connectivity index (χ1v) is 3.57. The lowest BCUT2D eigenvalue weighted by Crippen LogP contribution is -2.22. The van der Waals surface area contributed by atoms with Gasteiger partial charge in [-0.25, -0.2) is 0 Å². The third-order valence-corrected chi connectivity index (χ3v) is 1.13. The molecule has 0 radical (unpaired) electrons. The minimum atomic E-state index is 0.111. The van der Waals surface area contributed by atoms with Gasteiger partial charge in [-0.2, -0.15) is 0 Å². The fraction of sp³-hybridized carbons (Fsp3) is 0.857. The molecule has 3 nitrogen and oxygen atoms in total. The normalized spacial score (nSPS) is 9.40. The molecule has 0 fully saturated rings. The number of methoxy groups -OCH3 is 1. The van der Waals surface area contributed by atoms with Crippen LogP contribution in [-0.4, -0.2) is 26.2 Å². The largest absolute Gasteiger partial charge is 0.385 e. The van der Waals surface area contributed by atoms with Crippen LogP contribution in [0.15, 0.2) is 0 Å². The minimum Gasteiger partial charge on any atom is -0.385 e. The predicted octanol–water partition coefficient (Wildman–Crippen LogP) is 0.549. The number of hydrogen-bond acceptors (Lipinski definition) is 2. The van der Waals surface area contributed by atoms with Gasteiger partial charge in [0, 0.05) is 26.7 Å². The van der Waals surface area contributed by atoms with Crippen molar-refractivity contribution in [3.05, 3.63) is 0 Å². The van der Waals surface area contributed by atoms with Crippen LogP contribution in [0.5, 0.6) is 0 Å². The molecular formula is C7H15NO2. The maximum atomic E-state index is 10.8. The van der Waals surface area contributed by atoms with Gasteiger partial charge >= 0.3 is 0 Å². The minimum absolute atomic E-state index is 0.111. The molecule has 0 aromatic rings. The summed E-state index contributed by atoms with van der Waals surface area (Å²) in [5.74, 6) is 0.111. The molecule has 0 aromatic heterocycles. The lowest BCUT2D eigenvalue weighted by molar-refractivity contribution is -0.121. The van der Waals surface area contributed by atoms with Crippen LogP contribution in [0.2, 0.25) is 0 Å². The van der Waals surface area contributed by atoms with Gasteiger partial charge in [0.05, 0.1) is 0 Å². The van der Waals surface area contributed by atoms with Crippen LogP contribution < -0.4 is 5.32 Å². The topological polar surface area (TPSA) is 38.3 Å². The van der Waals surface area contributed by atoms with Gasteiger partial charge in [-0.3, -0.25) is 4.79 Å². The van der Waals surface area contributed by atoms with E-state index in [1.165, 1.54) is 0 Å². The predicted molar refractivity (Wildman–Crippen MR) is 39.8 cm³/mol. The Morgan fingerprint density at radius 2 is 2.30 bits per heavy atom. The molecule has 10 heavy (non-hydrogen) atoms. The summed E-state index contributed by atoms with van der Waals surface area (Å²) in [7, 11) is 1.64. The zero-order chi connectivity index (χ0) is 7.82. The van der Waals surface area contributed by atoms with E-state index in [4.69, 9.17) is 4.74 Å². The van der Waals surface area contributed by atoms with E-state index in [0.29, 0.717) is 19.6 Å². The molecule has 0 spiro atoms. The molecule has 0 aliphatic carbocycles. The molecule has 0 aliphatic heterocycles. The highest BCUT2D eigenvalue weighted by atomic mass is 16.5. The van der Waals surface area contributed by atoms with Gasteiger partial charge in [0.15, 0.2) is 0 Å². The molecule has 0 aliphatic rings. The van der Waals surface area contributed by atoms with E-state index in [-0.39, 0.29) is 5.91 Å². The second kappa shape index (κ2) is 6.55. The molecule has 1 N–H and O–H groups in total. The lowest BCUT2D eigenvalue weighted by Gasteiger charge is -1.99. The second-order valence-electron chi connectivity index (χ2n) is 2.05. The third-order valence-electron chi connectivity index (χ3n) is 1.13. The van der Waals surface area contributed by atoms with Crippen molar-refractivity contribution in [2.75, 3.05) is 20.3 Å². The summed E-state index contributed by atoms with van der Waals surface area (Å²) in [5, 5.41) is 2.71. The fourth-order valence-corrected chi connectivity index (χ4v) is 0.663. The SMILES string of the molecule is CCNC(=O)CCCOC. The third kappa shape index (κ3) is 5.56. The van der Waals surface area contributed by atoms with E-state index in [0.717, 1.165) is 6.42 Å². The highest BCUT2D eigenvalue weighted by molar-refractivity contribution is 5.75. The first-order chi connectivity index (χ1) is 4.81. The molecular weight excluding hydrogens is 130 g/mol. The number of carbonyl (C=O) groups excluding carboxylic acids is 1. The number of hydrogen-bond donors (Lipinski definition) is 1. The number of rotatable bonds is 5. The highest BCUT2D eigenvalue weighted by Gasteiger charge is 1.96. The molecule has 0 rings (SSSR count). The van der Waals surface area contributed by atoms with Gasteiger partial charge in [0.25, 0.3) is 0 Å². The first kappa shape index (κ1) is 9.43. The summed E-state index contributed by atoms with van der Waals surface area (Å²) in [4.78, 5) is 10.8. The smallest absolute Gasteiger partial charge is 0.220 e. The first-order valence-electron chi connectivity index (χ1n) is 3.57. The van der Waals surface area contributed by atoms with Gasteiger partial charge in [-0.1, -0.05) is 0 Å². The van der Waals surface area contributed by atoms with Crippen molar-refractivity contribution in [1.82, 2.24) is 5.32 Å². The van der Waals surface area contributed by atoms with Gasteiger partial charge in [-0.05, 0) is 13.3 Å². The van der Waals surface area contributed by atoms with Gasteiger partial charge < -0.3 is 10.1 Å². The van der Waals surface area contributed by atoms with Crippen molar-refractivity contribution in [3.8, 4) is 0 Å². The van der Waals surface area contributed by atoms with Crippen LogP contribution in [0.25, 0.3) is 0 Å². The highest BCUT2D eigenvalue weighted by Crippen LogP contribution is 1.87. The Hall–Kier alpha value is -0.570. The van der Waals surface area contributed by atoms with Gasteiger partial charge in [0.1, 0.15) is 0 Å². The monoisotopic (exact) mass is 145 g/mol. The van der Waals surface area contributed by atoms with Gasteiger partial charge in [-0.15, -0.1) is 0 Å². The summed E-state index contributed by atoms with van der Waals surface area (Å²) in [6.45, 7) is 3.29. The second-order valence-corrected chi connectivity index (χ2v) is 2.05. The van der Waals surface area contributed by atoms with Crippen LogP contribution in [0.1, 0.15) is 19.8 Å². The summed E-state index contributed by atoms with van der Waals surface area (Å²) in [6, 6.07) is 0. The van der Waals surface area contributed by atoms with E-state index in [2.05, 4.69) is 5.32 Å². The van der Waals surface area contributed by atoms with E-state index in [1.54, 1.807) is 7.11 Å². The van der Waals surface area contributed by atoms with Crippen LogP contribution in [0, 0.1) is 0 Å². The van der Waals surface area contributed by atoms with E-state index in [1.807, 2.05) is 6.92 Å². The molecule has 0 atom stereocenters. The Bertz CT molecular complexity index is 93.6. The Morgan fingerprint density at radius 3 is 2.80 bits per heavy atom. The summed E-state index contributed by atoms with van der Waals surface area (Å²) >= 11 is 0. The quantitative estimate of drug-likeness (QED) is 0.574. The molecule has 0 saturated carbocycles. The molecule has 0 aromatic carbocycles. The number of nitrogens with one attached hydrogen (secondary N) is 1. The Kier molecular flexibility index (Phi) is 6.18. The van der Waals surface area contributed by atoms with E-state index < -0.39 is 0 Å². The number of amides is 1. The Morgan fingerprint density at radius 1 is 1.60 bits per heavy atom. The summed E-state index contributed by atoms with van der Waals surface area (Å²) in [6.07, 6.45) is 1.38. The molecule has 0 heterocycles. The molecule has 1 amide bonds. The number of carbonyl (C=O) groups is 1. The molecule has 0 bridgehead atoms. The maximum absolute atomic E-state index is 10.8. The van der Waals surface area contributed by atoms with Crippen molar-refractivity contribution in [1.29, 1.82) is 0 Å². The lowest BCUT2D eigenvalue weighted by atomic mass is 10.3. The molecule has 3 heteroatoms. The van der Waals surface area contributed by atoms with Crippen LogP contribution in [0.4, 0.5) is 0 Å². The van der Waals surface area contributed by atoms with Crippen molar-refractivity contribution in [2.45, 2.75) is 19.8 Å². The van der Waals surface area contributed by atoms with E-state index in [9.17, 15) is 4.79 Å². The maximum Gasteiger partial charge on any atom is 0.220 e. The molecule has 0 saturated heterocycles. The Balaban J connectivity index is 3.05. The molecule has 0 unspecified atom stereocenters. The van der Waals surface area contributed by atoms with Crippen LogP contribution >= 0.6 is 0 Å². The van der Waals surface area contributed by atoms with Crippen molar-refractivity contribution < 1.29 is 9.53 Å². The average Bonchev–Trinajstić information content (AvgIpc) is 1.89. The summed E-state index contributed by atoms with van der Waals surface area (Å²) in [5.41, 5.74) is 0. The summed E-state index contributed by atoms with van der Waals surface area (Å²) < 4.78 is 4.79. The van der Waals surface area contributed by atoms with E-state index >= 15 is 0 Å². The van der Waals surface area contributed by atoms with Crippen molar-refractivity contribution in [3.63, 3.8) is 0 Å². The van der Waals surface area contributed by atoms with Crippen LogP contribution in [-0.2, 0) is 9.53 Å². The zero-order valence-corrected chi connectivity index (χ0v) is 6.64. The Labute approximate surface area is 61.8 Å². The van der Waals surface area contributed by atoms with Crippen molar-refractivity contribution >= 4 is 5.91 Å².